The number of carbonyl (C=O) groups is 1. The first kappa shape index (κ1) is 12.7. The predicted octanol–water partition coefficient (Wildman–Crippen LogP) is 1.87. The Morgan fingerprint density at radius 3 is 2.60 bits per heavy atom. The van der Waals surface area contributed by atoms with Gasteiger partial charge in [-0.3, -0.25) is 4.79 Å². The molecule has 0 aromatic rings. The fourth-order valence-corrected chi connectivity index (χ4v) is 2.41. The maximum atomic E-state index is 10.8. The molecule has 0 aliphatic heterocycles. The summed E-state index contributed by atoms with van der Waals surface area (Å²) in [6.07, 6.45) is 6.82. The zero-order chi connectivity index (χ0) is 11.3. The number of aliphatic hydroxyl groups is 1. The topological polar surface area (TPSA) is 63.3 Å². The first-order valence-corrected chi connectivity index (χ1v) is 6.02. The molecule has 0 spiro atoms. The fourth-order valence-electron chi connectivity index (χ4n) is 2.41. The van der Waals surface area contributed by atoms with Crippen LogP contribution < -0.4 is 5.73 Å². The van der Waals surface area contributed by atoms with Crippen molar-refractivity contribution >= 4 is 5.78 Å². The average Bonchev–Trinajstić information content (AvgIpc) is 2.18. The molecule has 3 nitrogen and oxygen atoms in total. The Morgan fingerprint density at radius 2 is 2.07 bits per heavy atom. The van der Waals surface area contributed by atoms with E-state index in [0.29, 0.717) is 5.92 Å². The lowest BCUT2D eigenvalue weighted by Crippen LogP contribution is -2.37. The molecule has 1 fully saturated rings. The van der Waals surface area contributed by atoms with E-state index in [-0.39, 0.29) is 19.7 Å². The van der Waals surface area contributed by atoms with E-state index in [2.05, 4.69) is 0 Å². The third-order valence-electron chi connectivity index (χ3n) is 3.32. The molecule has 2 atom stereocenters. The molecular formula is C12H25NO2. The highest BCUT2D eigenvalue weighted by molar-refractivity contribution is 5.76. The van der Waals surface area contributed by atoms with E-state index in [0.717, 1.165) is 6.42 Å². The van der Waals surface area contributed by atoms with Gasteiger partial charge in [0.25, 0.3) is 0 Å². The second kappa shape index (κ2) is 6.23. The minimum absolute atomic E-state index is 0. The summed E-state index contributed by atoms with van der Waals surface area (Å²) < 4.78 is 0. The number of hydrogen-bond acceptors (Lipinski definition) is 3. The van der Waals surface area contributed by atoms with E-state index < -0.39 is 6.10 Å². The highest BCUT2D eigenvalue weighted by atomic mass is 16.3. The van der Waals surface area contributed by atoms with Crippen molar-refractivity contribution in [1.29, 1.82) is 0 Å². The van der Waals surface area contributed by atoms with Crippen molar-refractivity contribution in [3.63, 3.8) is 0 Å². The number of Topliss-reactive ketones (excluding diaryl/α,β-unsaturated/α-hetero) is 1. The summed E-state index contributed by atoms with van der Waals surface area (Å²) >= 11 is 0. The van der Waals surface area contributed by atoms with Crippen LogP contribution in [0.3, 0.4) is 0 Å². The van der Waals surface area contributed by atoms with Crippen LogP contribution in [0.2, 0.25) is 0 Å². The second-order valence-corrected chi connectivity index (χ2v) is 4.88. The number of ketones is 1. The quantitative estimate of drug-likeness (QED) is 0.736. The molecule has 0 heterocycles. The third kappa shape index (κ3) is 4.76. The zero-order valence-electron chi connectivity index (χ0n) is 9.61. The monoisotopic (exact) mass is 215 g/mol. The van der Waals surface area contributed by atoms with Crippen LogP contribution >= 0.6 is 0 Å². The molecule has 1 rings (SSSR count). The lowest BCUT2D eigenvalue weighted by molar-refractivity contribution is -0.119. The maximum absolute atomic E-state index is 10.8. The van der Waals surface area contributed by atoms with Crippen molar-refractivity contribution in [2.75, 3.05) is 0 Å². The lowest BCUT2D eigenvalue weighted by Gasteiger charge is -2.26. The summed E-state index contributed by atoms with van der Waals surface area (Å²) in [7, 11) is 0. The van der Waals surface area contributed by atoms with E-state index in [1.165, 1.54) is 39.0 Å². The molecule has 1 saturated carbocycles. The Balaban J connectivity index is 0.00000225. The maximum Gasteiger partial charge on any atom is 0.132 e. The normalized spacial score (nSPS) is 22.3. The minimum atomic E-state index is -0.649. The molecule has 90 valence electrons. The molecule has 0 saturated heterocycles. The highest BCUT2D eigenvalue weighted by Gasteiger charge is 2.22. The van der Waals surface area contributed by atoms with Crippen LogP contribution in [0.25, 0.3) is 0 Å². The first-order chi connectivity index (χ1) is 7.09. The Morgan fingerprint density at radius 1 is 1.47 bits per heavy atom. The average molecular weight is 215 g/mol. The van der Waals surface area contributed by atoms with Crippen LogP contribution in [0.4, 0.5) is 0 Å². The van der Waals surface area contributed by atoms with Crippen LogP contribution in [-0.2, 0) is 4.79 Å². The van der Waals surface area contributed by atoms with Gasteiger partial charge in [0, 0.05) is 13.9 Å². The number of carbonyl (C=O) groups excluding carboxylic acids is 1. The number of aliphatic hydroxyl groups excluding tert-OH is 1. The Kier molecular flexibility index (Phi) is 5.26. The molecule has 2 unspecified atom stereocenters. The summed E-state index contributed by atoms with van der Waals surface area (Å²) in [6.45, 7) is 1.50. The summed E-state index contributed by atoms with van der Waals surface area (Å²) in [6, 6.07) is -0.225. The summed E-state index contributed by atoms with van der Waals surface area (Å²) in [5.74, 6) is 0.678. The molecule has 0 radical (unpaired) electrons. The van der Waals surface area contributed by atoms with Crippen LogP contribution in [0.1, 0.15) is 53.3 Å². The van der Waals surface area contributed by atoms with Gasteiger partial charge in [0.05, 0.1) is 6.10 Å². The van der Waals surface area contributed by atoms with Gasteiger partial charge in [-0.1, -0.05) is 32.1 Å². The summed E-state index contributed by atoms with van der Waals surface area (Å²) in [5.41, 5.74) is 5.89. The molecular weight excluding hydrogens is 190 g/mol. The highest BCUT2D eigenvalue weighted by Crippen LogP contribution is 2.27. The van der Waals surface area contributed by atoms with Gasteiger partial charge in [-0.2, -0.15) is 0 Å². The molecule has 0 aromatic heterocycles. The van der Waals surface area contributed by atoms with E-state index >= 15 is 0 Å². The molecule has 1 aliphatic rings. The molecule has 0 aromatic carbocycles. The van der Waals surface area contributed by atoms with E-state index in [4.69, 9.17) is 5.73 Å². The van der Waals surface area contributed by atoms with Crippen molar-refractivity contribution in [2.24, 2.45) is 11.7 Å². The van der Waals surface area contributed by atoms with Crippen molar-refractivity contribution in [2.45, 2.75) is 64.0 Å². The molecule has 0 bridgehead atoms. The van der Waals surface area contributed by atoms with E-state index in [9.17, 15) is 9.90 Å². The number of nitrogens with two attached hydrogens (primary N) is 1. The van der Waals surface area contributed by atoms with Crippen LogP contribution in [0.15, 0.2) is 0 Å². The van der Waals surface area contributed by atoms with Gasteiger partial charge in [-0.25, -0.2) is 0 Å². The molecule has 1 aliphatic carbocycles. The fraction of sp³-hybridized carbons (Fsp3) is 0.917. The van der Waals surface area contributed by atoms with Crippen molar-refractivity contribution in [3.05, 3.63) is 0 Å². The minimum Gasteiger partial charge on any atom is -0.391 e. The standard InChI is InChI=1S/C12H23NO2.H2/c1-9(14)7-12(15)11(13)8-10-5-3-2-4-6-10;/h10-12,15H,2-8,13H2,1H3;1H. The van der Waals surface area contributed by atoms with Crippen LogP contribution in [0, 0.1) is 5.92 Å². The Labute approximate surface area is 93.5 Å². The smallest absolute Gasteiger partial charge is 0.132 e. The lowest BCUT2D eigenvalue weighted by atomic mass is 9.83. The van der Waals surface area contributed by atoms with Gasteiger partial charge in [-0.15, -0.1) is 0 Å². The third-order valence-corrected chi connectivity index (χ3v) is 3.32. The largest absolute Gasteiger partial charge is 0.391 e. The summed E-state index contributed by atoms with van der Waals surface area (Å²) in [4.78, 5) is 10.8. The zero-order valence-corrected chi connectivity index (χ0v) is 9.61. The predicted molar refractivity (Wildman–Crippen MR) is 62.6 cm³/mol. The second-order valence-electron chi connectivity index (χ2n) is 4.88. The van der Waals surface area contributed by atoms with Gasteiger partial charge in [-0.05, 0) is 19.3 Å². The van der Waals surface area contributed by atoms with Crippen molar-refractivity contribution in [1.82, 2.24) is 0 Å². The van der Waals surface area contributed by atoms with E-state index in [1.807, 2.05) is 0 Å². The SMILES string of the molecule is CC(=O)CC(O)C(N)CC1CCCCC1.[HH]. The Hall–Kier alpha value is -0.410. The molecule has 0 amide bonds. The van der Waals surface area contributed by atoms with E-state index in [1.54, 1.807) is 0 Å². The van der Waals surface area contributed by atoms with Gasteiger partial charge >= 0.3 is 0 Å². The first-order valence-electron chi connectivity index (χ1n) is 6.02. The van der Waals surface area contributed by atoms with Gasteiger partial charge < -0.3 is 10.8 Å². The van der Waals surface area contributed by atoms with Gasteiger partial charge in [0.15, 0.2) is 0 Å². The van der Waals surface area contributed by atoms with Gasteiger partial charge in [0.1, 0.15) is 5.78 Å². The number of hydrogen-bond donors (Lipinski definition) is 2. The van der Waals surface area contributed by atoms with Crippen LogP contribution in [-0.4, -0.2) is 23.0 Å². The molecule has 3 N–H and O–H groups in total. The molecule has 15 heavy (non-hydrogen) atoms. The number of rotatable bonds is 5. The Bertz CT molecular complexity index is 205. The molecule has 3 heteroatoms. The summed E-state index contributed by atoms with van der Waals surface area (Å²) in [5, 5.41) is 9.67. The van der Waals surface area contributed by atoms with Gasteiger partial charge in [0.2, 0.25) is 0 Å². The van der Waals surface area contributed by atoms with Crippen molar-refractivity contribution < 1.29 is 11.3 Å². The van der Waals surface area contributed by atoms with Crippen molar-refractivity contribution in [3.8, 4) is 0 Å². The van der Waals surface area contributed by atoms with Crippen LogP contribution in [0.5, 0.6) is 0 Å².